The summed E-state index contributed by atoms with van der Waals surface area (Å²) in [6.07, 6.45) is 0. The third kappa shape index (κ3) is 2.54. The smallest absolute Gasteiger partial charge is 0.341 e. The molecule has 0 aromatic carbocycles. The van der Waals surface area contributed by atoms with Gasteiger partial charge in [0.1, 0.15) is 10.7 Å². The minimum absolute atomic E-state index is 0.0446. The lowest BCUT2D eigenvalue weighted by Gasteiger charge is -2.28. The molecule has 1 aromatic heterocycles. The Morgan fingerprint density at radius 3 is 2.83 bits per heavy atom. The highest BCUT2D eigenvalue weighted by Crippen LogP contribution is 2.24. The second kappa shape index (κ2) is 5.49. The number of carbonyl (C=O) groups excluding carboxylic acids is 1. The van der Waals surface area contributed by atoms with Crippen molar-refractivity contribution in [3.8, 4) is 0 Å². The molecule has 0 radical (unpaired) electrons. The van der Waals surface area contributed by atoms with E-state index in [1.54, 1.807) is 4.90 Å². The van der Waals surface area contributed by atoms with Crippen LogP contribution in [0.4, 0.5) is 10.2 Å². The highest BCUT2D eigenvalue weighted by Gasteiger charge is 2.21. The standard InChI is InChI=1S/C11H13ClFN3O2/c1-18-11(17)7-6-8(13)10(15-9(7)12)16-4-2-14-3-5-16/h6,14H,2-5H2,1H3. The first kappa shape index (κ1) is 13.0. The summed E-state index contributed by atoms with van der Waals surface area (Å²) in [6.45, 7) is 2.82. The number of carbonyl (C=O) groups is 1. The van der Waals surface area contributed by atoms with Crippen LogP contribution in [-0.4, -0.2) is 44.2 Å². The van der Waals surface area contributed by atoms with Crippen molar-refractivity contribution in [3.63, 3.8) is 0 Å². The maximum atomic E-state index is 13.9. The second-order valence-electron chi connectivity index (χ2n) is 3.86. The lowest BCUT2D eigenvalue weighted by atomic mass is 10.2. The van der Waals surface area contributed by atoms with Crippen molar-refractivity contribution in [3.05, 3.63) is 22.6 Å². The van der Waals surface area contributed by atoms with Gasteiger partial charge in [0.15, 0.2) is 11.6 Å². The van der Waals surface area contributed by atoms with Crippen LogP contribution in [0, 0.1) is 5.82 Å². The first-order valence-corrected chi connectivity index (χ1v) is 5.91. The van der Waals surface area contributed by atoms with Crippen molar-refractivity contribution in [2.45, 2.75) is 0 Å². The number of aromatic nitrogens is 1. The molecule has 1 fully saturated rings. The van der Waals surface area contributed by atoms with E-state index in [4.69, 9.17) is 11.6 Å². The van der Waals surface area contributed by atoms with Crippen LogP contribution in [0.5, 0.6) is 0 Å². The van der Waals surface area contributed by atoms with E-state index in [9.17, 15) is 9.18 Å². The number of esters is 1. The average molecular weight is 274 g/mol. The van der Waals surface area contributed by atoms with Gasteiger partial charge in [-0.05, 0) is 6.07 Å². The van der Waals surface area contributed by atoms with Gasteiger partial charge in [-0.1, -0.05) is 11.6 Å². The van der Waals surface area contributed by atoms with Crippen LogP contribution in [0.1, 0.15) is 10.4 Å². The molecule has 0 unspecified atom stereocenters. The van der Waals surface area contributed by atoms with Crippen molar-refractivity contribution in [2.75, 3.05) is 38.2 Å². The summed E-state index contributed by atoms with van der Waals surface area (Å²) < 4.78 is 18.4. The fraction of sp³-hybridized carbons (Fsp3) is 0.455. The molecular formula is C11H13ClFN3O2. The number of hydrogen-bond donors (Lipinski definition) is 1. The van der Waals surface area contributed by atoms with E-state index >= 15 is 0 Å². The van der Waals surface area contributed by atoms with Gasteiger partial charge >= 0.3 is 5.97 Å². The Bertz CT molecular complexity index is 464. The van der Waals surface area contributed by atoms with E-state index in [-0.39, 0.29) is 16.5 Å². The molecule has 0 atom stereocenters. The minimum Gasteiger partial charge on any atom is -0.465 e. The molecule has 0 aliphatic carbocycles. The van der Waals surface area contributed by atoms with E-state index in [1.165, 1.54) is 7.11 Å². The molecule has 2 heterocycles. The maximum absolute atomic E-state index is 13.9. The van der Waals surface area contributed by atoms with Gasteiger partial charge in [0.2, 0.25) is 0 Å². The molecule has 98 valence electrons. The predicted octanol–water partition coefficient (Wildman–Crippen LogP) is 1.07. The number of methoxy groups -OCH3 is 1. The van der Waals surface area contributed by atoms with Crippen molar-refractivity contribution in [1.29, 1.82) is 0 Å². The number of piperazine rings is 1. The van der Waals surface area contributed by atoms with Crippen LogP contribution >= 0.6 is 11.6 Å². The quantitative estimate of drug-likeness (QED) is 0.645. The molecule has 0 spiro atoms. The monoisotopic (exact) mass is 273 g/mol. The number of halogens is 2. The van der Waals surface area contributed by atoms with Crippen LogP contribution in [0.15, 0.2) is 6.07 Å². The summed E-state index contributed by atoms with van der Waals surface area (Å²) in [4.78, 5) is 17.1. The summed E-state index contributed by atoms with van der Waals surface area (Å²) in [5.74, 6) is -1.09. The van der Waals surface area contributed by atoms with Gasteiger partial charge in [-0.25, -0.2) is 14.2 Å². The van der Waals surface area contributed by atoms with Crippen LogP contribution in [0.2, 0.25) is 5.15 Å². The van der Waals surface area contributed by atoms with E-state index in [1.807, 2.05) is 0 Å². The molecular weight excluding hydrogens is 261 g/mol. The zero-order chi connectivity index (χ0) is 13.1. The number of hydrogen-bond acceptors (Lipinski definition) is 5. The summed E-state index contributed by atoms with van der Waals surface area (Å²) >= 11 is 5.87. The maximum Gasteiger partial charge on any atom is 0.341 e. The number of rotatable bonds is 2. The number of nitrogens with zero attached hydrogens (tertiary/aromatic N) is 2. The van der Waals surface area contributed by atoms with E-state index in [2.05, 4.69) is 15.0 Å². The van der Waals surface area contributed by atoms with Gasteiger partial charge in [0.25, 0.3) is 0 Å². The summed E-state index contributed by atoms with van der Waals surface area (Å²) in [5.41, 5.74) is -0.0597. The molecule has 18 heavy (non-hydrogen) atoms. The first-order valence-electron chi connectivity index (χ1n) is 5.53. The number of anilines is 1. The molecule has 1 aliphatic rings. The fourth-order valence-corrected chi connectivity index (χ4v) is 2.02. The molecule has 2 rings (SSSR count). The van der Waals surface area contributed by atoms with Crippen LogP contribution < -0.4 is 10.2 Å². The zero-order valence-corrected chi connectivity index (χ0v) is 10.6. The van der Waals surface area contributed by atoms with E-state index < -0.39 is 11.8 Å². The first-order chi connectivity index (χ1) is 8.63. The Hall–Kier alpha value is -1.40. The van der Waals surface area contributed by atoms with Gasteiger partial charge < -0.3 is 15.0 Å². The topological polar surface area (TPSA) is 54.5 Å². The Morgan fingerprint density at radius 1 is 1.56 bits per heavy atom. The predicted molar refractivity (Wildman–Crippen MR) is 65.6 cm³/mol. The number of nitrogens with one attached hydrogen (secondary N) is 1. The average Bonchev–Trinajstić information content (AvgIpc) is 2.41. The van der Waals surface area contributed by atoms with Gasteiger partial charge in [-0.3, -0.25) is 0 Å². The van der Waals surface area contributed by atoms with Gasteiger partial charge in [0.05, 0.1) is 7.11 Å². The number of ether oxygens (including phenoxy) is 1. The fourth-order valence-electron chi connectivity index (χ4n) is 1.81. The molecule has 1 N–H and O–H groups in total. The normalized spacial score (nSPS) is 15.6. The van der Waals surface area contributed by atoms with Crippen LogP contribution in [0.25, 0.3) is 0 Å². The third-order valence-electron chi connectivity index (χ3n) is 2.73. The summed E-state index contributed by atoms with van der Waals surface area (Å²) in [5, 5.41) is 3.11. The Morgan fingerprint density at radius 2 is 2.22 bits per heavy atom. The molecule has 1 saturated heterocycles. The molecule has 7 heteroatoms. The lowest BCUT2D eigenvalue weighted by molar-refractivity contribution is 0.0600. The van der Waals surface area contributed by atoms with E-state index in [0.29, 0.717) is 13.1 Å². The van der Waals surface area contributed by atoms with Crippen molar-refractivity contribution in [1.82, 2.24) is 10.3 Å². The Balaban J connectivity index is 2.33. The van der Waals surface area contributed by atoms with Crippen LogP contribution in [0.3, 0.4) is 0 Å². The highest BCUT2D eigenvalue weighted by atomic mass is 35.5. The molecule has 0 saturated carbocycles. The highest BCUT2D eigenvalue weighted by molar-refractivity contribution is 6.32. The third-order valence-corrected chi connectivity index (χ3v) is 3.02. The van der Waals surface area contributed by atoms with E-state index in [0.717, 1.165) is 19.2 Å². The molecule has 1 aromatic rings. The van der Waals surface area contributed by atoms with Gasteiger partial charge in [0, 0.05) is 26.2 Å². The Kier molecular flexibility index (Phi) is 3.98. The largest absolute Gasteiger partial charge is 0.465 e. The summed E-state index contributed by atoms with van der Waals surface area (Å²) in [7, 11) is 1.21. The minimum atomic E-state index is -0.696. The SMILES string of the molecule is COC(=O)c1cc(F)c(N2CCNCC2)nc1Cl. The Labute approximate surface area is 109 Å². The van der Waals surface area contributed by atoms with Crippen molar-refractivity contribution in [2.24, 2.45) is 0 Å². The molecule has 0 bridgehead atoms. The van der Waals surface area contributed by atoms with Crippen LogP contribution in [-0.2, 0) is 4.74 Å². The molecule has 0 amide bonds. The zero-order valence-electron chi connectivity index (χ0n) is 9.87. The van der Waals surface area contributed by atoms with Gasteiger partial charge in [-0.15, -0.1) is 0 Å². The van der Waals surface area contributed by atoms with Gasteiger partial charge in [-0.2, -0.15) is 0 Å². The second-order valence-corrected chi connectivity index (χ2v) is 4.22. The van der Waals surface area contributed by atoms with Crippen molar-refractivity contribution < 1.29 is 13.9 Å². The summed E-state index contributed by atoms with van der Waals surface area (Å²) in [6, 6.07) is 1.07. The molecule has 1 aliphatic heterocycles. The molecule has 5 nitrogen and oxygen atoms in total. The van der Waals surface area contributed by atoms with Crippen molar-refractivity contribution >= 4 is 23.4 Å². The number of pyridine rings is 1. The lowest BCUT2D eigenvalue weighted by Crippen LogP contribution is -2.44.